The van der Waals surface area contributed by atoms with Gasteiger partial charge in [-0.15, -0.1) is 6.58 Å². The second-order valence-electron chi connectivity index (χ2n) is 2.72. The van der Waals surface area contributed by atoms with Gasteiger partial charge >= 0.3 is 0 Å². The van der Waals surface area contributed by atoms with Gasteiger partial charge in [-0.2, -0.15) is 0 Å². The van der Waals surface area contributed by atoms with Crippen molar-refractivity contribution in [1.29, 1.82) is 0 Å². The van der Waals surface area contributed by atoms with Gasteiger partial charge in [0, 0.05) is 11.2 Å². The third-order valence-electron chi connectivity index (χ3n) is 1.63. The van der Waals surface area contributed by atoms with E-state index < -0.39 is 9.73 Å². The van der Waals surface area contributed by atoms with Gasteiger partial charge in [-0.3, -0.25) is 0 Å². The first-order valence-corrected chi connectivity index (χ1v) is 5.93. The van der Waals surface area contributed by atoms with Crippen LogP contribution >= 0.6 is 0 Å². The first-order valence-electron chi connectivity index (χ1n) is 4.01. The van der Waals surface area contributed by atoms with Crippen LogP contribution in [0.2, 0.25) is 0 Å². The summed E-state index contributed by atoms with van der Waals surface area (Å²) in [7, 11) is -2.22. The van der Waals surface area contributed by atoms with E-state index in [4.69, 9.17) is 0 Å². The molecule has 0 heterocycles. The van der Waals surface area contributed by atoms with Gasteiger partial charge in [0.2, 0.25) is 0 Å². The summed E-state index contributed by atoms with van der Waals surface area (Å²) in [5.41, 5.74) is 0. The van der Waals surface area contributed by atoms with E-state index in [1.165, 1.54) is 0 Å². The molecule has 1 unspecified atom stereocenters. The minimum Gasteiger partial charge on any atom is -0.245 e. The Balaban J connectivity index is 3.08. The Bertz CT molecular complexity index is 389. The second-order valence-corrected chi connectivity index (χ2v) is 5.05. The summed E-state index contributed by atoms with van der Waals surface area (Å²) in [6, 6.07) is 9.28. The maximum Gasteiger partial charge on any atom is 0.0726 e. The van der Waals surface area contributed by atoms with E-state index in [9.17, 15) is 4.21 Å². The lowest BCUT2D eigenvalue weighted by Gasteiger charge is -2.02. The van der Waals surface area contributed by atoms with Crippen LogP contribution in [0.15, 0.2) is 52.2 Å². The summed E-state index contributed by atoms with van der Waals surface area (Å²) in [5, 5.41) is 0. The molecule has 2 nitrogen and oxygen atoms in total. The highest BCUT2D eigenvalue weighted by molar-refractivity contribution is 7.93. The fourth-order valence-electron chi connectivity index (χ4n) is 0.942. The van der Waals surface area contributed by atoms with Crippen molar-refractivity contribution in [2.75, 3.05) is 12.8 Å². The van der Waals surface area contributed by atoms with Crippen LogP contribution in [0.3, 0.4) is 0 Å². The first-order chi connectivity index (χ1) is 6.17. The summed E-state index contributed by atoms with van der Waals surface area (Å²) in [5.74, 6) is 0. The Morgan fingerprint density at radius 2 is 2.08 bits per heavy atom. The fourth-order valence-corrected chi connectivity index (χ4v) is 2.14. The van der Waals surface area contributed by atoms with Gasteiger partial charge in [-0.1, -0.05) is 24.3 Å². The average molecular weight is 195 g/mol. The van der Waals surface area contributed by atoms with Gasteiger partial charge in [0.25, 0.3) is 0 Å². The van der Waals surface area contributed by atoms with Crippen molar-refractivity contribution < 1.29 is 4.21 Å². The van der Waals surface area contributed by atoms with E-state index in [0.717, 1.165) is 4.90 Å². The lowest BCUT2D eigenvalue weighted by Crippen LogP contribution is -1.97. The summed E-state index contributed by atoms with van der Waals surface area (Å²) >= 11 is 0. The molecule has 1 rings (SSSR count). The fraction of sp³-hybridized carbons (Fsp3) is 0.200. The summed E-state index contributed by atoms with van der Waals surface area (Å²) in [6.45, 7) is 3.97. The van der Waals surface area contributed by atoms with Crippen molar-refractivity contribution in [2.45, 2.75) is 4.90 Å². The maximum atomic E-state index is 11.9. The molecule has 1 aromatic carbocycles. The van der Waals surface area contributed by atoms with Gasteiger partial charge in [-0.05, 0) is 12.1 Å². The molecule has 0 fully saturated rings. The quantitative estimate of drug-likeness (QED) is 0.681. The van der Waals surface area contributed by atoms with Crippen LogP contribution in [-0.4, -0.2) is 17.0 Å². The highest BCUT2D eigenvalue weighted by Gasteiger charge is 2.02. The number of rotatable bonds is 3. The number of nitrogens with zero attached hydrogens (tertiary/aromatic N) is 1. The van der Waals surface area contributed by atoms with E-state index in [2.05, 4.69) is 10.9 Å². The molecule has 1 aromatic rings. The molecule has 0 saturated carbocycles. The molecule has 70 valence electrons. The molecular formula is C10H13NOS. The standard InChI is InChI=1S/C10H13NOS/c1-3-9-11-13(2,12)10-7-5-4-6-8-10/h3-8H,1,9H2,2H3. The molecule has 0 aliphatic heterocycles. The number of hydrogen-bond acceptors (Lipinski definition) is 2. The normalized spacial score (nSPS) is 14.5. The SMILES string of the molecule is C=CCN=S(C)(=O)c1ccccc1. The van der Waals surface area contributed by atoms with Crippen molar-refractivity contribution in [1.82, 2.24) is 0 Å². The van der Waals surface area contributed by atoms with Gasteiger partial charge in [0.05, 0.1) is 16.3 Å². The van der Waals surface area contributed by atoms with E-state index in [-0.39, 0.29) is 0 Å². The molecule has 0 bridgehead atoms. The zero-order valence-electron chi connectivity index (χ0n) is 7.64. The van der Waals surface area contributed by atoms with E-state index in [1.807, 2.05) is 30.3 Å². The zero-order valence-corrected chi connectivity index (χ0v) is 8.46. The number of benzene rings is 1. The van der Waals surface area contributed by atoms with Crippen molar-refractivity contribution in [3.8, 4) is 0 Å². The molecule has 3 heteroatoms. The average Bonchev–Trinajstić information content (AvgIpc) is 2.16. The monoisotopic (exact) mass is 195 g/mol. The Hall–Kier alpha value is -1.09. The van der Waals surface area contributed by atoms with Crippen molar-refractivity contribution in [3.63, 3.8) is 0 Å². The minimum atomic E-state index is -2.22. The molecular weight excluding hydrogens is 182 g/mol. The Morgan fingerprint density at radius 1 is 1.46 bits per heavy atom. The lowest BCUT2D eigenvalue weighted by molar-refractivity contribution is 0.679. The van der Waals surface area contributed by atoms with Crippen LogP contribution in [0.4, 0.5) is 0 Å². The molecule has 0 aliphatic carbocycles. The summed E-state index contributed by atoms with van der Waals surface area (Å²) in [4.78, 5) is 0.775. The third-order valence-corrected chi connectivity index (χ3v) is 3.42. The largest absolute Gasteiger partial charge is 0.245 e. The molecule has 0 radical (unpaired) electrons. The molecule has 0 amide bonds. The van der Waals surface area contributed by atoms with E-state index >= 15 is 0 Å². The number of hydrogen-bond donors (Lipinski definition) is 0. The first kappa shape index (κ1) is 9.99. The van der Waals surface area contributed by atoms with Gasteiger partial charge in [0.15, 0.2) is 0 Å². The second kappa shape index (κ2) is 4.23. The van der Waals surface area contributed by atoms with Crippen molar-refractivity contribution >= 4 is 9.73 Å². The smallest absolute Gasteiger partial charge is 0.0726 e. The molecule has 0 saturated heterocycles. The molecule has 0 spiro atoms. The highest BCUT2D eigenvalue weighted by Crippen LogP contribution is 2.09. The van der Waals surface area contributed by atoms with E-state index in [1.54, 1.807) is 12.3 Å². The highest BCUT2D eigenvalue weighted by atomic mass is 32.2. The summed E-state index contributed by atoms with van der Waals surface area (Å²) < 4.78 is 16.0. The lowest BCUT2D eigenvalue weighted by atomic mass is 10.4. The molecule has 13 heavy (non-hydrogen) atoms. The van der Waals surface area contributed by atoms with Crippen molar-refractivity contribution in [3.05, 3.63) is 43.0 Å². The predicted molar refractivity (Wildman–Crippen MR) is 56.3 cm³/mol. The van der Waals surface area contributed by atoms with E-state index in [0.29, 0.717) is 6.54 Å². The van der Waals surface area contributed by atoms with Crippen LogP contribution in [0.25, 0.3) is 0 Å². The molecule has 1 atom stereocenters. The van der Waals surface area contributed by atoms with Gasteiger partial charge in [-0.25, -0.2) is 8.57 Å². The molecule has 0 N–H and O–H groups in total. The summed E-state index contributed by atoms with van der Waals surface area (Å²) in [6.07, 6.45) is 3.29. The third kappa shape index (κ3) is 2.70. The van der Waals surface area contributed by atoms with Crippen LogP contribution in [0.5, 0.6) is 0 Å². The van der Waals surface area contributed by atoms with Crippen LogP contribution in [0, 0.1) is 0 Å². The predicted octanol–water partition coefficient (Wildman–Crippen LogP) is 2.33. The molecule has 0 aliphatic rings. The van der Waals surface area contributed by atoms with Gasteiger partial charge < -0.3 is 0 Å². The van der Waals surface area contributed by atoms with Crippen LogP contribution in [0.1, 0.15) is 0 Å². The molecule has 0 aromatic heterocycles. The van der Waals surface area contributed by atoms with Gasteiger partial charge in [0.1, 0.15) is 0 Å². The Morgan fingerprint density at radius 3 is 2.62 bits per heavy atom. The van der Waals surface area contributed by atoms with Crippen molar-refractivity contribution in [2.24, 2.45) is 4.36 Å². The zero-order chi connectivity index (χ0) is 9.73. The maximum absolute atomic E-state index is 11.9. The minimum absolute atomic E-state index is 0.435. The Labute approximate surface area is 79.5 Å². The topological polar surface area (TPSA) is 29.4 Å². The van der Waals surface area contributed by atoms with Crippen LogP contribution < -0.4 is 0 Å². The Kier molecular flexibility index (Phi) is 3.25. The van der Waals surface area contributed by atoms with Crippen LogP contribution in [-0.2, 0) is 9.73 Å².